The van der Waals surface area contributed by atoms with Crippen LogP contribution in [0.5, 0.6) is 0 Å². The van der Waals surface area contributed by atoms with Crippen molar-refractivity contribution in [3.8, 4) is 0 Å². The van der Waals surface area contributed by atoms with Crippen LogP contribution in [0.1, 0.15) is 58.3 Å². The zero-order valence-corrected chi connectivity index (χ0v) is 24.1. The average molecular weight is 573 g/mol. The number of hydrogen-bond acceptors (Lipinski definition) is 6. The van der Waals surface area contributed by atoms with Crippen molar-refractivity contribution in [2.24, 2.45) is 11.8 Å². The third-order valence-electron chi connectivity index (χ3n) is 8.59. The summed E-state index contributed by atoms with van der Waals surface area (Å²) < 4.78 is 12.3. The number of aliphatic hydroxyl groups excluding tert-OH is 1. The van der Waals surface area contributed by atoms with Crippen molar-refractivity contribution in [1.82, 2.24) is 4.90 Å². The fourth-order valence-corrected chi connectivity index (χ4v) is 7.03. The topological polar surface area (TPSA) is 96.4 Å². The summed E-state index contributed by atoms with van der Waals surface area (Å²) in [6.07, 6.45) is 8.78. The molecule has 1 aromatic rings. The lowest BCUT2D eigenvalue weighted by Crippen LogP contribution is -2.56. The number of allylic oxidation sites excluding steroid dienone is 1. The van der Waals surface area contributed by atoms with Gasteiger partial charge in [0.1, 0.15) is 17.6 Å². The first-order valence-electron chi connectivity index (χ1n) is 14.3. The number of hydrogen-bond donors (Lipinski definition) is 1. The summed E-state index contributed by atoms with van der Waals surface area (Å²) in [5, 5.41) is 9.57. The number of rotatable bonds is 15. The Morgan fingerprint density at radius 1 is 1.18 bits per heavy atom. The van der Waals surface area contributed by atoms with Crippen LogP contribution in [0.25, 0.3) is 0 Å². The first-order chi connectivity index (χ1) is 19.3. The molecule has 1 N–H and O–H groups in total. The third kappa shape index (κ3) is 5.46. The maximum atomic E-state index is 14.5. The number of anilines is 1. The molecule has 40 heavy (non-hydrogen) atoms. The van der Waals surface area contributed by atoms with Crippen molar-refractivity contribution in [2.45, 2.75) is 75.5 Å². The van der Waals surface area contributed by atoms with Gasteiger partial charge >= 0.3 is 5.97 Å². The highest BCUT2D eigenvalue weighted by Crippen LogP contribution is 2.63. The molecular formula is C31H41ClN2O6. The number of aliphatic hydroxyl groups is 1. The van der Waals surface area contributed by atoms with Gasteiger partial charge in [0.2, 0.25) is 5.91 Å². The van der Waals surface area contributed by atoms with E-state index in [0.717, 1.165) is 19.3 Å². The number of carbonyl (C=O) groups is 3. The molecule has 2 amide bonds. The lowest BCUT2D eigenvalue weighted by atomic mass is 9.66. The average Bonchev–Trinajstić information content (AvgIpc) is 3.50. The van der Waals surface area contributed by atoms with E-state index >= 15 is 0 Å². The van der Waals surface area contributed by atoms with Crippen molar-refractivity contribution in [1.29, 1.82) is 0 Å². The molecule has 218 valence electrons. The Morgan fingerprint density at radius 2 is 1.93 bits per heavy atom. The lowest BCUT2D eigenvalue weighted by Gasteiger charge is -2.37. The summed E-state index contributed by atoms with van der Waals surface area (Å²) in [5.74, 6) is -2.59. The van der Waals surface area contributed by atoms with Crippen molar-refractivity contribution >= 4 is 35.1 Å². The number of nitrogens with zero attached hydrogens (tertiary/aromatic N) is 2. The Hall–Kier alpha value is -2.68. The Morgan fingerprint density at radius 3 is 2.62 bits per heavy atom. The van der Waals surface area contributed by atoms with E-state index in [-0.39, 0.29) is 31.6 Å². The molecule has 1 spiro atoms. The molecule has 4 rings (SSSR count). The molecule has 0 aromatic heterocycles. The van der Waals surface area contributed by atoms with Crippen LogP contribution >= 0.6 is 11.6 Å². The lowest BCUT2D eigenvalue weighted by molar-refractivity contribution is -0.159. The Balaban J connectivity index is 1.70. The summed E-state index contributed by atoms with van der Waals surface area (Å²) in [6.45, 7) is 10.3. The Labute approximate surface area is 241 Å². The first-order valence-corrected chi connectivity index (χ1v) is 14.7. The van der Waals surface area contributed by atoms with Gasteiger partial charge in [-0.3, -0.25) is 14.4 Å². The van der Waals surface area contributed by atoms with E-state index in [1.165, 1.54) is 0 Å². The summed E-state index contributed by atoms with van der Waals surface area (Å²) in [4.78, 5) is 45.4. The van der Waals surface area contributed by atoms with Gasteiger partial charge in [-0.1, -0.05) is 48.7 Å². The van der Waals surface area contributed by atoms with Crippen LogP contribution < -0.4 is 4.90 Å². The number of likely N-dealkylation sites (tertiary alicyclic amines) is 1. The van der Waals surface area contributed by atoms with Crippen LogP contribution in [0, 0.1) is 11.8 Å². The Kier molecular flexibility index (Phi) is 9.75. The number of carbonyl (C=O) groups excluding carboxylic acids is 3. The summed E-state index contributed by atoms with van der Waals surface area (Å²) in [6, 6.07) is 6.17. The fourth-order valence-electron chi connectivity index (χ4n) is 6.80. The second kappa shape index (κ2) is 12.9. The van der Waals surface area contributed by atoms with Gasteiger partial charge < -0.3 is 24.4 Å². The molecule has 0 saturated carbocycles. The van der Waals surface area contributed by atoms with Gasteiger partial charge in [0.25, 0.3) is 5.91 Å². The summed E-state index contributed by atoms with van der Waals surface area (Å²) in [7, 11) is 0. The molecule has 3 aliphatic rings. The van der Waals surface area contributed by atoms with E-state index in [2.05, 4.69) is 13.2 Å². The smallest absolute Gasteiger partial charge is 0.312 e. The van der Waals surface area contributed by atoms with Crippen LogP contribution in [0.15, 0.2) is 49.6 Å². The van der Waals surface area contributed by atoms with Crippen LogP contribution in [-0.4, -0.2) is 71.3 Å². The summed E-state index contributed by atoms with van der Waals surface area (Å²) >= 11 is 6.52. The van der Waals surface area contributed by atoms with Gasteiger partial charge in [-0.25, -0.2) is 0 Å². The minimum Gasteiger partial charge on any atom is -0.465 e. The van der Waals surface area contributed by atoms with Crippen LogP contribution in [0.2, 0.25) is 5.02 Å². The molecule has 3 aliphatic heterocycles. The highest BCUT2D eigenvalue weighted by molar-refractivity contribution is 6.34. The van der Waals surface area contributed by atoms with E-state index in [4.69, 9.17) is 26.2 Å². The number of benzene rings is 1. The molecule has 2 bridgehead atoms. The zero-order valence-electron chi connectivity index (χ0n) is 23.4. The molecule has 8 nitrogen and oxygen atoms in total. The van der Waals surface area contributed by atoms with Crippen molar-refractivity contribution in [3.63, 3.8) is 0 Å². The minimum absolute atomic E-state index is 0.117. The summed E-state index contributed by atoms with van der Waals surface area (Å²) in [5.41, 5.74) is -1.50. The number of amides is 2. The minimum atomic E-state index is -1.14. The van der Waals surface area contributed by atoms with Crippen LogP contribution in [-0.2, 0) is 23.9 Å². The van der Waals surface area contributed by atoms with Crippen LogP contribution in [0.3, 0.4) is 0 Å². The molecule has 3 fully saturated rings. The molecule has 1 aromatic carbocycles. The number of esters is 1. The number of para-hydroxylation sites is 1. The molecule has 3 heterocycles. The molecular weight excluding hydrogens is 532 g/mol. The van der Waals surface area contributed by atoms with Crippen LogP contribution in [0.4, 0.5) is 5.69 Å². The van der Waals surface area contributed by atoms with E-state index in [1.807, 2.05) is 13.0 Å². The van der Waals surface area contributed by atoms with E-state index in [9.17, 15) is 14.4 Å². The maximum absolute atomic E-state index is 14.5. The maximum Gasteiger partial charge on any atom is 0.312 e. The van der Waals surface area contributed by atoms with Gasteiger partial charge in [-0.05, 0) is 57.6 Å². The molecule has 5 atom stereocenters. The molecule has 2 unspecified atom stereocenters. The Bertz CT molecular complexity index is 1130. The largest absolute Gasteiger partial charge is 0.465 e. The van der Waals surface area contributed by atoms with E-state index in [0.29, 0.717) is 49.4 Å². The molecule has 3 saturated heterocycles. The number of halogens is 1. The standard InChI is InChI=1S/C31H41ClN2O6/c1-4-6-13-21-39-29(38)25-24-27(36)34(19-11-7-8-12-20-35)26(31(24)17-16-30(25,3)40-31)28(37)33(18-5-2)23-15-10-9-14-22(23)32/h4-5,9-10,14-15,24-26,35H,1-2,6-8,11-13,16-21H2,3H3/t24-,25-,26?,30+,31?/m0/s1. The van der Waals surface area contributed by atoms with Gasteiger partial charge in [0.15, 0.2) is 0 Å². The second-order valence-electron chi connectivity index (χ2n) is 11.2. The van der Waals surface area contributed by atoms with Crippen molar-refractivity contribution in [2.75, 3.05) is 31.2 Å². The van der Waals surface area contributed by atoms with Gasteiger partial charge in [0, 0.05) is 19.7 Å². The van der Waals surface area contributed by atoms with Crippen molar-refractivity contribution in [3.05, 3.63) is 54.6 Å². The molecule has 9 heteroatoms. The first kappa shape index (κ1) is 30.3. The molecule has 0 aliphatic carbocycles. The highest BCUT2D eigenvalue weighted by Gasteiger charge is 2.78. The van der Waals surface area contributed by atoms with E-state index in [1.54, 1.807) is 40.2 Å². The van der Waals surface area contributed by atoms with Gasteiger partial charge in [-0.2, -0.15) is 0 Å². The van der Waals surface area contributed by atoms with Gasteiger partial charge in [0.05, 0.1) is 28.8 Å². The SMILES string of the molecule is C=CCCCOC(=O)[C@@H]1[C@H]2C(=O)N(CCCCCCO)C(C(=O)N(CC=C)c3ccccc3Cl)C23CC[C@@]1(C)O3. The number of unbranched alkanes of at least 4 members (excludes halogenated alkanes) is 4. The zero-order chi connectivity index (χ0) is 28.9. The van der Waals surface area contributed by atoms with Gasteiger partial charge in [-0.15, -0.1) is 13.2 Å². The fraction of sp³-hybridized carbons (Fsp3) is 0.581. The molecule has 0 radical (unpaired) electrons. The van der Waals surface area contributed by atoms with E-state index < -0.39 is 35.0 Å². The normalized spacial score (nSPS) is 28.4. The predicted octanol–water partition coefficient (Wildman–Crippen LogP) is 4.69. The third-order valence-corrected chi connectivity index (χ3v) is 8.91. The highest BCUT2D eigenvalue weighted by atomic mass is 35.5. The van der Waals surface area contributed by atoms with Crippen molar-refractivity contribution < 1.29 is 29.0 Å². The predicted molar refractivity (Wildman–Crippen MR) is 154 cm³/mol. The second-order valence-corrected chi connectivity index (χ2v) is 11.6. The quantitative estimate of drug-likeness (QED) is 0.186. The number of fused-ring (bicyclic) bond motifs is 1. The number of ether oxygens (including phenoxy) is 2. The monoisotopic (exact) mass is 572 g/mol.